The van der Waals surface area contributed by atoms with Crippen LogP contribution in [0.1, 0.15) is 25.7 Å². The van der Waals surface area contributed by atoms with Crippen LogP contribution in [0.4, 0.5) is 0 Å². The van der Waals surface area contributed by atoms with Gasteiger partial charge in [-0.15, -0.1) is 0 Å². The number of amides is 1. The Morgan fingerprint density at radius 3 is 2.60 bits per heavy atom. The third-order valence-corrected chi connectivity index (χ3v) is 4.42. The van der Waals surface area contributed by atoms with Gasteiger partial charge in [0.15, 0.2) is 0 Å². The lowest BCUT2D eigenvalue weighted by Gasteiger charge is -2.39. The molecule has 0 aromatic carbocycles. The van der Waals surface area contributed by atoms with Crippen LogP contribution in [0, 0.1) is 5.41 Å². The normalized spacial score (nSPS) is 25.5. The Kier molecular flexibility index (Phi) is 4.99. The second-order valence-corrected chi connectivity index (χ2v) is 5.64. The van der Waals surface area contributed by atoms with E-state index in [0.717, 1.165) is 32.4 Å². The lowest BCUT2D eigenvalue weighted by atomic mass is 9.78. The number of piperidine rings is 1. The number of nitrogens with one attached hydrogen (secondary N) is 1. The highest BCUT2D eigenvalue weighted by molar-refractivity contribution is 5.88. The molecule has 2 heterocycles. The lowest BCUT2D eigenvalue weighted by Crippen LogP contribution is -2.54. The van der Waals surface area contributed by atoms with E-state index in [1.165, 1.54) is 7.11 Å². The third-order valence-electron chi connectivity index (χ3n) is 4.42. The van der Waals surface area contributed by atoms with Gasteiger partial charge in [0.25, 0.3) is 0 Å². The van der Waals surface area contributed by atoms with Crippen LogP contribution in [0.2, 0.25) is 0 Å². The molecule has 0 radical (unpaired) electrons. The predicted molar refractivity (Wildman–Crippen MR) is 73.2 cm³/mol. The van der Waals surface area contributed by atoms with Gasteiger partial charge in [-0.05, 0) is 38.8 Å². The van der Waals surface area contributed by atoms with Gasteiger partial charge in [-0.1, -0.05) is 0 Å². The average molecular weight is 284 g/mol. The fourth-order valence-electron chi connectivity index (χ4n) is 3.30. The topological polar surface area (TPSA) is 67.9 Å². The molecule has 0 aromatic heterocycles. The van der Waals surface area contributed by atoms with Crippen LogP contribution in [0.25, 0.3) is 0 Å². The van der Waals surface area contributed by atoms with E-state index in [1.54, 1.807) is 12.0 Å². The highest BCUT2D eigenvalue weighted by atomic mass is 16.5. The summed E-state index contributed by atoms with van der Waals surface area (Å²) in [6.07, 6.45) is 3.06. The van der Waals surface area contributed by atoms with Gasteiger partial charge in [0.2, 0.25) is 5.91 Å². The number of ether oxygens (including phenoxy) is 2. The minimum absolute atomic E-state index is 0.0498. The largest absolute Gasteiger partial charge is 0.467 e. The van der Waals surface area contributed by atoms with Crippen LogP contribution in [0.5, 0.6) is 0 Å². The Labute approximate surface area is 119 Å². The number of carbonyl (C=O) groups is 2. The molecule has 0 bridgehead atoms. The highest BCUT2D eigenvalue weighted by Crippen LogP contribution is 2.34. The Balaban J connectivity index is 2.16. The quantitative estimate of drug-likeness (QED) is 0.745. The molecule has 114 valence electrons. The molecule has 2 rings (SSSR count). The first-order chi connectivity index (χ1) is 9.64. The molecule has 1 amide bonds. The zero-order valence-electron chi connectivity index (χ0n) is 12.3. The summed E-state index contributed by atoms with van der Waals surface area (Å²) in [4.78, 5) is 26.5. The molecule has 0 spiro atoms. The van der Waals surface area contributed by atoms with Crippen molar-refractivity contribution in [3.8, 4) is 0 Å². The number of rotatable bonds is 4. The summed E-state index contributed by atoms with van der Waals surface area (Å²) in [6, 6.07) is -0.420. The number of likely N-dealkylation sites (tertiary alicyclic amines) is 1. The van der Waals surface area contributed by atoms with Crippen LogP contribution in [0.3, 0.4) is 0 Å². The SMILES string of the molecule is COCC1(C(=O)N2CCCC2C(=O)OC)CCNCC1. The van der Waals surface area contributed by atoms with Crippen molar-refractivity contribution in [2.45, 2.75) is 31.7 Å². The maximum Gasteiger partial charge on any atom is 0.328 e. The van der Waals surface area contributed by atoms with E-state index in [9.17, 15) is 9.59 Å². The van der Waals surface area contributed by atoms with Crippen LogP contribution in [0.15, 0.2) is 0 Å². The van der Waals surface area contributed by atoms with Gasteiger partial charge in [0, 0.05) is 13.7 Å². The zero-order valence-corrected chi connectivity index (χ0v) is 12.3. The molecule has 0 saturated carbocycles. The van der Waals surface area contributed by atoms with Crippen molar-refractivity contribution in [2.24, 2.45) is 5.41 Å². The van der Waals surface area contributed by atoms with Crippen molar-refractivity contribution < 1.29 is 19.1 Å². The van der Waals surface area contributed by atoms with Gasteiger partial charge in [-0.25, -0.2) is 4.79 Å². The Hall–Kier alpha value is -1.14. The predicted octanol–water partition coefficient (Wildman–Crippen LogP) is 0.167. The first-order valence-electron chi connectivity index (χ1n) is 7.23. The summed E-state index contributed by atoms with van der Waals surface area (Å²) in [6.45, 7) is 2.67. The van der Waals surface area contributed by atoms with E-state index in [0.29, 0.717) is 19.6 Å². The van der Waals surface area contributed by atoms with Crippen molar-refractivity contribution >= 4 is 11.9 Å². The highest BCUT2D eigenvalue weighted by Gasteiger charge is 2.46. The van der Waals surface area contributed by atoms with Crippen LogP contribution < -0.4 is 5.32 Å². The van der Waals surface area contributed by atoms with Crippen molar-refractivity contribution in [2.75, 3.05) is 40.5 Å². The average Bonchev–Trinajstić information content (AvgIpc) is 2.96. The first-order valence-corrected chi connectivity index (χ1v) is 7.23. The van der Waals surface area contributed by atoms with Crippen LogP contribution >= 0.6 is 0 Å². The fourth-order valence-corrected chi connectivity index (χ4v) is 3.30. The fraction of sp³-hybridized carbons (Fsp3) is 0.857. The Bertz CT molecular complexity index is 361. The van der Waals surface area contributed by atoms with E-state index < -0.39 is 11.5 Å². The maximum atomic E-state index is 13.0. The molecule has 1 atom stereocenters. The van der Waals surface area contributed by atoms with Gasteiger partial charge in [-0.3, -0.25) is 4.79 Å². The van der Waals surface area contributed by atoms with Crippen molar-refractivity contribution in [1.82, 2.24) is 10.2 Å². The lowest BCUT2D eigenvalue weighted by molar-refractivity contribution is -0.158. The number of hydrogen-bond donors (Lipinski definition) is 1. The number of carbonyl (C=O) groups excluding carboxylic acids is 2. The van der Waals surface area contributed by atoms with Gasteiger partial charge >= 0.3 is 5.97 Å². The van der Waals surface area contributed by atoms with Crippen LogP contribution in [-0.2, 0) is 19.1 Å². The molecule has 20 heavy (non-hydrogen) atoms. The van der Waals surface area contributed by atoms with Crippen LogP contribution in [-0.4, -0.2) is 63.3 Å². The van der Waals surface area contributed by atoms with Gasteiger partial charge in [-0.2, -0.15) is 0 Å². The number of methoxy groups -OCH3 is 2. The molecular formula is C14H24N2O4. The standard InChI is InChI=1S/C14H24N2O4/c1-19-10-14(5-7-15-8-6-14)13(18)16-9-3-4-11(16)12(17)20-2/h11,15H,3-10H2,1-2H3. The van der Waals surface area contributed by atoms with E-state index in [4.69, 9.17) is 9.47 Å². The third kappa shape index (κ3) is 2.81. The van der Waals surface area contributed by atoms with Gasteiger partial charge < -0.3 is 19.7 Å². The minimum Gasteiger partial charge on any atom is -0.467 e. The molecule has 1 unspecified atom stereocenters. The summed E-state index contributed by atoms with van der Waals surface area (Å²) in [7, 11) is 3.00. The van der Waals surface area contributed by atoms with Crippen molar-refractivity contribution in [1.29, 1.82) is 0 Å². The van der Waals surface area contributed by atoms with E-state index >= 15 is 0 Å². The molecule has 0 aliphatic carbocycles. The second kappa shape index (κ2) is 6.54. The van der Waals surface area contributed by atoms with Crippen molar-refractivity contribution in [3.05, 3.63) is 0 Å². The summed E-state index contributed by atoms with van der Waals surface area (Å²) in [5, 5.41) is 3.27. The number of esters is 1. The molecule has 2 saturated heterocycles. The molecule has 2 aliphatic heterocycles. The summed E-state index contributed by atoms with van der Waals surface area (Å²) >= 11 is 0. The molecular weight excluding hydrogens is 260 g/mol. The first kappa shape index (κ1) is 15.3. The smallest absolute Gasteiger partial charge is 0.328 e. The van der Waals surface area contributed by atoms with Gasteiger partial charge in [0.05, 0.1) is 19.1 Å². The van der Waals surface area contributed by atoms with Gasteiger partial charge in [0.1, 0.15) is 6.04 Å². The molecule has 1 N–H and O–H groups in total. The summed E-state index contributed by atoms with van der Waals surface area (Å²) in [5.74, 6) is -0.258. The van der Waals surface area contributed by atoms with E-state index in [2.05, 4.69) is 5.32 Å². The zero-order chi connectivity index (χ0) is 14.6. The Morgan fingerprint density at radius 1 is 1.30 bits per heavy atom. The number of hydrogen-bond acceptors (Lipinski definition) is 5. The van der Waals surface area contributed by atoms with E-state index in [-0.39, 0.29) is 11.9 Å². The number of nitrogens with zero attached hydrogens (tertiary/aromatic N) is 1. The van der Waals surface area contributed by atoms with Crippen molar-refractivity contribution in [3.63, 3.8) is 0 Å². The maximum absolute atomic E-state index is 13.0. The molecule has 2 aliphatic rings. The molecule has 6 heteroatoms. The van der Waals surface area contributed by atoms with E-state index in [1.807, 2.05) is 0 Å². The monoisotopic (exact) mass is 284 g/mol. The molecule has 0 aromatic rings. The Morgan fingerprint density at radius 2 is 2.00 bits per heavy atom. The molecule has 6 nitrogen and oxygen atoms in total. The second-order valence-electron chi connectivity index (χ2n) is 5.64. The summed E-state index contributed by atoms with van der Waals surface area (Å²) in [5.41, 5.74) is -0.489. The molecule has 2 fully saturated rings. The minimum atomic E-state index is -0.489. The summed E-state index contributed by atoms with van der Waals surface area (Å²) < 4.78 is 10.1.